The smallest absolute Gasteiger partial charge is 0.221 e. The van der Waals surface area contributed by atoms with Crippen molar-refractivity contribution in [3.63, 3.8) is 0 Å². The van der Waals surface area contributed by atoms with Crippen molar-refractivity contribution in [1.82, 2.24) is 0 Å². The van der Waals surface area contributed by atoms with E-state index in [1.165, 1.54) is 11.6 Å². The van der Waals surface area contributed by atoms with Crippen LogP contribution in [0.3, 0.4) is 0 Å². The van der Waals surface area contributed by atoms with Crippen LogP contribution in [-0.4, -0.2) is 5.78 Å². The molecule has 28 heavy (non-hydrogen) atoms. The number of furan rings is 2. The number of aryl methyl sites for hydroxylation is 1. The molecule has 0 saturated heterocycles. The monoisotopic (exact) mass is 388 g/mol. The Bertz CT molecular complexity index is 1150. The summed E-state index contributed by atoms with van der Waals surface area (Å²) in [5.74, 6) is 1.91. The first-order valence-electron chi connectivity index (χ1n) is 8.84. The molecule has 0 amide bonds. The number of benzene rings is 2. The summed E-state index contributed by atoms with van der Waals surface area (Å²) in [6, 6.07) is 22.5. The number of allylic oxidation sites excluding steroid dienone is 1. The van der Waals surface area contributed by atoms with Crippen LogP contribution in [0.25, 0.3) is 28.7 Å². The lowest BCUT2D eigenvalue weighted by Gasteiger charge is -1.99. The minimum Gasteiger partial charge on any atom is -0.457 e. The van der Waals surface area contributed by atoms with Gasteiger partial charge in [0.15, 0.2) is 5.76 Å². The van der Waals surface area contributed by atoms with Crippen LogP contribution in [0.4, 0.5) is 0 Å². The molecule has 2 aromatic carbocycles. The molecular formula is C24H17ClO3. The van der Waals surface area contributed by atoms with Gasteiger partial charge in [-0.2, -0.15) is 0 Å². The van der Waals surface area contributed by atoms with Gasteiger partial charge in [0.05, 0.1) is 5.02 Å². The summed E-state index contributed by atoms with van der Waals surface area (Å²) in [7, 11) is 0. The summed E-state index contributed by atoms with van der Waals surface area (Å²) in [5, 5.41) is 0.575. The normalized spacial score (nSPS) is 11.2. The molecule has 0 radical (unpaired) electrons. The predicted octanol–water partition coefficient (Wildman–Crippen LogP) is 7.06. The Morgan fingerprint density at radius 2 is 1.61 bits per heavy atom. The quantitative estimate of drug-likeness (QED) is 0.271. The minimum absolute atomic E-state index is 0.244. The van der Waals surface area contributed by atoms with E-state index in [9.17, 15) is 4.79 Å². The molecule has 138 valence electrons. The number of carbonyl (C=O) groups is 1. The van der Waals surface area contributed by atoms with E-state index in [2.05, 4.69) is 0 Å². The van der Waals surface area contributed by atoms with Crippen LogP contribution in [0.2, 0.25) is 5.02 Å². The van der Waals surface area contributed by atoms with Gasteiger partial charge in [0.1, 0.15) is 17.3 Å². The van der Waals surface area contributed by atoms with E-state index in [0.29, 0.717) is 16.5 Å². The second-order valence-corrected chi connectivity index (χ2v) is 6.82. The SMILES string of the molecule is Cc1ccc(-c2ccc(/C=C\C(=O)c3ccc(-c4ccccc4Cl)o3)o2)cc1. The number of ketones is 1. The Labute approximate surface area is 167 Å². The van der Waals surface area contributed by atoms with E-state index < -0.39 is 0 Å². The van der Waals surface area contributed by atoms with Crippen LogP contribution < -0.4 is 0 Å². The summed E-state index contributed by atoms with van der Waals surface area (Å²) in [6.07, 6.45) is 3.07. The molecule has 2 heterocycles. The fourth-order valence-corrected chi connectivity index (χ4v) is 3.06. The van der Waals surface area contributed by atoms with Crippen LogP contribution in [0.1, 0.15) is 21.9 Å². The number of halogens is 1. The number of hydrogen-bond donors (Lipinski definition) is 0. The van der Waals surface area contributed by atoms with E-state index in [4.69, 9.17) is 20.4 Å². The van der Waals surface area contributed by atoms with Crippen molar-refractivity contribution in [2.24, 2.45) is 0 Å². The molecule has 0 aliphatic rings. The average molecular weight is 389 g/mol. The maximum Gasteiger partial charge on any atom is 0.221 e. The van der Waals surface area contributed by atoms with Gasteiger partial charge in [-0.3, -0.25) is 4.79 Å². The Morgan fingerprint density at radius 1 is 0.857 bits per heavy atom. The van der Waals surface area contributed by atoms with E-state index in [1.54, 1.807) is 24.3 Å². The van der Waals surface area contributed by atoms with Gasteiger partial charge < -0.3 is 8.83 Å². The summed E-state index contributed by atoms with van der Waals surface area (Å²) in [4.78, 5) is 12.4. The highest BCUT2D eigenvalue weighted by Crippen LogP contribution is 2.29. The standard InChI is InChI=1S/C24H17ClO3/c1-16-6-8-17(9-7-16)22-13-11-18(27-22)10-12-21(26)24-15-14-23(28-24)19-4-2-3-5-20(19)25/h2-15H,1H3/b12-10-. The van der Waals surface area contributed by atoms with Crippen molar-refractivity contribution < 1.29 is 13.6 Å². The molecular weight excluding hydrogens is 372 g/mol. The van der Waals surface area contributed by atoms with Crippen LogP contribution >= 0.6 is 11.6 Å². The molecule has 0 N–H and O–H groups in total. The molecule has 0 aliphatic heterocycles. The number of carbonyl (C=O) groups excluding carboxylic acids is 1. The minimum atomic E-state index is -0.244. The first-order chi connectivity index (χ1) is 13.6. The highest BCUT2D eigenvalue weighted by molar-refractivity contribution is 6.33. The lowest BCUT2D eigenvalue weighted by Crippen LogP contribution is -1.90. The van der Waals surface area contributed by atoms with Crippen molar-refractivity contribution >= 4 is 23.5 Å². The van der Waals surface area contributed by atoms with Gasteiger partial charge in [-0.25, -0.2) is 0 Å². The molecule has 0 unspecified atom stereocenters. The lowest BCUT2D eigenvalue weighted by atomic mass is 10.1. The molecule has 4 aromatic rings. The molecule has 4 rings (SSSR count). The highest BCUT2D eigenvalue weighted by atomic mass is 35.5. The van der Waals surface area contributed by atoms with Gasteiger partial charge in [0.25, 0.3) is 0 Å². The van der Waals surface area contributed by atoms with Gasteiger partial charge in [0.2, 0.25) is 5.78 Å². The molecule has 0 fully saturated rings. The second kappa shape index (κ2) is 7.75. The van der Waals surface area contributed by atoms with Crippen molar-refractivity contribution in [3.8, 4) is 22.6 Å². The van der Waals surface area contributed by atoms with Crippen LogP contribution in [0, 0.1) is 6.92 Å². The maximum absolute atomic E-state index is 12.4. The van der Waals surface area contributed by atoms with E-state index >= 15 is 0 Å². The first kappa shape index (κ1) is 18.1. The molecule has 4 heteroatoms. The fraction of sp³-hybridized carbons (Fsp3) is 0.0417. The Morgan fingerprint density at radius 3 is 2.39 bits per heavy atom. The first-order valence-corrected chi connectivity index (χ1v) is 9.22. The zero-order valence-corrected chi connectivity index (χ0v) is 15.9. The van der Waals surface area contributed by atoms with Gasteiger partial charge in [-0.15, -0.1) is 0 Å². The van der Waals surface area contributed by atoms with Crippen LogP contribution in [0.5, 0.6) is 0 Å². The van der Waals surface area contributed by atoms with Gasteiger partial charge >= 0.3 is 0 Å². The van der Waals surface area contributed by atoms with E-state index in [1.807, 2.05) is 61.5 Å². The van der Waals surface area contributed by atoms with Gasteiger partial charge in [0, 0.05) is 11.1 Å². The molecule has 0 aliphatic carbocycles. The zero-order valence-electron chi connectivity index (χ0n) is 15.2. The predicted molar refractivity (Wildman–Crippen MR) is 111 cm³/mol. The summed E-state index contributed by atoms with van der Waals surface area (Å²) in [6.45, 7) is 2.04. The molecule has 0 saturated carbocycles. The summed E-state index contributed by atoms with van der Waals surface area (Å²) in [5.41, 5.74) is 2.93. The van der Waals surface area contributed by atoms with Crippen LogP contribution in [0.15, 0.2) is 87.7 Å². The molecule has 0 atom stereocenters. The summed E-state index contributed by atoms with van der Waals surface area (Å²) >= 11 is 6.18. The van der Waals surface area contributed by atoms with Crippen molar-refractivity contribution in [2.45, 2.75) is 6.92 Å². The van der Waals surface area contributed by atoms with Crippen molar-refractivity contribution in [2.75, 3.05) is 0 Å². The van der Waals surface area contributed by atoms with Gasteiger partial charge in [-0.1, -0.05) is 53.6 Å². The number of hydrogen-bond acceptors (Lipinski definition) is 3. The molecule has 2 aromatic heterocycles. The van der Waals surface area contributed by atoms with Crippen molar-refractivity contribution in [3.05, 3.63) is 101 Å². The second-order valence-electron chi connectivity index (χ2n) is 6.41. The number of rotatable bonds is 5. The maximum atomic E-state index is 12.4. The largest absolute Gasteiger partial charge is 0.457 e. The van der Waals surface area contributed by atoms with E-state index in [0.717, 1.165) is 16.9 Å². The third-order valence-electron chi connectivity index (χ3n) is 4.35. The Kier molecular flexibility index (Phi) is 5.00. The highest BCUT2D eigenvalue weighted by Gasteiger charge is 2.12. The zero-order chi connectivity index (χ0) is 19.5. The molecule has 0 bridgehead atoms. The van der Waals surface area contributed by atoms with Crippen LogP contribution in [-0.2, 0) is 0 Å². The molecule has 3 nitrogen and oxygen atoms in total. The lowest BCUT2D eigenvalue weighted by molar-refractivity contribution is 0.102. The Hall–Kier alpha value is -3.30. The summed E-state index contributed by atoms with van der Waals surface area (Å²) < 4.78 is 11.5. The topological polar surface area (TPSA) is 43.4 Å². The third-order valence-corrected chi connectivity index (χ3v) is 4.68. The van der Waals surface area contributed by atoms with Gasteiger partial charge in [-0.05, 0) is 55.5 Å². The fourth-order valence-electron chi connectivity index (χ4n) is 2.83. The average Bonchev–Trinajstić information content (AvgIpc) is 3.37. The third kappa shape index (κ3) is 3.85. The van der Waals surface area contributed by atoms with Crippen molar-refractivity contribution in [1.29, 1.82) is 0 Å². The van der Waals surface area contributed by atoms with E-state index in [-0.39, 0.29) is 11.5 Å². The Balaban J connectivity index is 1.49. The molecule has 0 spiro atoms.